The molecule has 104 valence electrons. The first-order chi connectivity index (χ1) is 8.18. The number of nitrogens with zero attached hydrogens (tertiary/aromatic N) is 1. The molecule has 2 fully saturated rings. The van der Waals surface area contributed by atoms with E-state index in [0.29, 0.717) is 0 Å². The maximum atomic E-state index is 12.3. The van der Waals surface area contributed by atoms with Gasteiger partial charge in [-0.25, -0.2) is 4.79 Å². The van der Waals surface area contributed by atoms with E-state index in [-0.39, 0.29) is 17.0 Å². The molecule has 4 heteroatoms. The number of hydrogen-bond donors (Lipinski definition) is 1. The summed E-state index contributed by atoms with van der Waals surface area (Å²) in [5.74, 6) is 0. The summed E-state index contributed by atoms with van der Waals surface area (Å²) in [6, 6.07) is 0. The summed E-state index contributed by atoms with van der Waals surface area (Å²) in [4.78, 5) is 14.3. The molecule has 2 saturated heterocycles. The number of carbonyl (C=O) groups is 1. The fourth-order valence-corrected chi connectivity index (χ4v) is 3.22. The summed E-state index contributed by atoms with van der Waals surface area (Å²) in [5, 5.41) is 3.45. The van der Waals surface area contributed by atoms with Gasteiger partial charge in [-0.1, -0.05) is 6.92 Å². The monoisotopic (exact) mass is 254 g/mol. The van der Waals surface area contributed by atoms with E-state index in [1.807, 2.05) is 25.7 Å². The zero-order valence-corrected chi connectivity index (χ0v) is 12.3. The van der Waals surface area contributed by atoms with Gasteiger partial charge in [0.2, 0.25) is 0 Å². The predicted octanol–water partition coefficient (Wildman–Crippen LogP) is 2.39. The van der Waals surface area contributed by atoms with Crippen molar-refractivity contribution >= 4 is 6.09 Å². The third kappa shape index (κ3) is 2.11. The van der Waals surface area contributed by atoms with Gasteiger partial charge in [-0.15, -0.1) is 0 Å². The highest BCUT2D eigenvalue weighted by molar-refractivity contribution is 5.70. The van der Waals surface area contributed by atoms with Crippen LogP contribution in [0.25, 0.3) is 0 Å². The quantitative estimate of drug-likeness (QED) is 0.721. The molecule has 0 spiro atoms. The van der Waals surface area contributed by atoms with Crippen LogP contribution in [-0.2, 0) is 4.74 Å². The van der Waals surface area contributed by atoms with Crippen LogP contribution in [0.15, 0.2) is 0 Å². The summed E-state index contributed by atoms with van der Waals surface area (Å²) in [6.45, 7) is 13.0. The Hall–Kier alpha value is -0.770. The molecule has 0 aromatic rings. The van der Waals surface area contributed by atoms with Gasteiger partial charge in [0.25, 0.3) is 0 Å². The van der Waals surface area contributed by atoms with E-state index >= 15 is 0 Å². The van der Waals surface area contributed by atoms with Crippen LogP contribution in [0.1, 0.15) is 47.5 Å². The van der Waals surface area contributed by atoms with Gasteiger partial charge in [0.15, 0.2) is 0 Å². The summed E-state index contributed by atoms with van der Waals surface area (Å²) in [5.41, 5.74) is -0.317. The molecule has 0 aromatic carbocycles. The van der Waals surface area contributed by atoms with Gasteiger partial charge in [0, 0.05) is 18.5 Å². The van der Waals surface area contributed by atoms with Crippen LogP contribution in [0.4, 0.5) is 4.79 Å². The Bertz CT molecular complexity index is 350. The third-order valence-electron chi connectivity index (χ3n) is 4.70. The first kappa shape index (κ1) is 13.7. The average Bonchev–Trinajstić information content (AvgIpc) is 2.48. The summed E-state index contributed by atoms with van der Waals surface area (Å²) in [6.07, 6.45) is 1.90. The van der Waals surface area contributed by atoms with Gasteiger partial charge >= 0.3 is 6.09 Å². The van der Waals surface area contributed by atoms with Crippen molar-refractivity contribution in [2.75, 3.05) is 19.6 Å². The predicted molar refractivity (Wildman–Crippen MR) is 71.6 cm³/mol. The lowest BCUT2D eigenvalue weighted by Gasteiger charge is -2.49. The standard InChI is InChI=1S/C14H26N2O2/c1-12(2,3)18-11(17)16-9-7-13(4)10-15-8-6-14(13,16)5/h15H,6-10H2,1-5H3/t13-,14+/m1/s1. The fourth-order valence-electron chi connectivity index (χ4n) is 3.22. The van der Waals surface area contributed by atoms with Gasteiger partial charge in [0.1, 0.15) is 5.60 Å². The van der Waals surface area contributed by atoms with Crippen molar-refractivity contribution in [1.29, 1.82) is 0 Å². The Morgan fingerprint density at radius 1 is 1.28 bits per heavy atom. The Kier molecular flexibility index (Phi) is 3.13. The van der Waals surface area contributed by atoms with E-state index in [1.165, 1.54) is 0 Å². The Balaban J connectivity index is 2.18. The maximum absolute atomic E-state index is 12.3. The van der Waals surface area contributed by atoms with Crippen LogP contribution in [0.2, 0.25) is 0 Å². The lowest BCUT2D eigenvalue weighted by Crippen LogP contribution is -2.60. The molecule has 1 amide bonds. The first-order valence-electron chi connectivity index (χ1n) is 6.89. The van der Waals surface area contributed by atoms with Crippen LogP contribution in [0.3, 0.4) is 0 Å². The minimum Gasteiger partial charge on any atom is -0.444 e. The number of rotatable bonds is 0. The molecular weight excluding hydrogens is 228 g/mol. The number of carbonyl (C=O) groups excluding carboxylic acids is 1. The third-order valence-corrected chi connectivity index (χ3v) is 4.70. The molecule has 2 aliphatic heterocycles. The van der Waals surface area contributed by atoms with E-state index < -0.39 is 5.60 Å². The van der Waals surface area contributed by atoms with Crippen LogP contribution in [-0.4, -0.2) is 41.8 Å². The molecule has 4 nitrogen and oxygen atoms in total. The summed E-state index contributed by atoms with van der Waals surface area (Å²) >= 11 is 0. The molecule has 2 heterocycles. The smallest absolute Gasteiger partial charge is 0.410 e. The van der Waals surface area contributed by atoms with Gasteiger partial charge in [-0.2, -0.15) is 0 Å². The van der Waals surface area contributed by atoms with Gasteiger partial charge < -0.3 is 15.0 Å². The molecule has 0 bridgehead atoms. The number of fused-ring (bicyclic) bond motifs is 1. The molecule has 0 aliphatic carbocycles. The Morgan fingerprint density at radius 2 is 1.94 bits per heavy atom. The van der Waals surface area contributed by atoms with Crippen LogP contribution in [0, 0.1) is 5.41 Å². The number of nitrogens with one attached hydrogen (secondary N) is 1. The number of amides is 1. The fraction of sp³-hybridized carbons (Fsp3) is 0.929. The lowest BCUT2D eigenvalue weighted by molar-refractivity contribution is -0.0145. The van der Waals surface area contributed by atoms with Crippen molar-refractivity contribution in [2.24, 2.45) is 5.41 Å². The van der Waals surface area contributed by atoms with Crippen LogP contribution in [0.5, 0.6) is 0 Å². The number of hydrogen-bond acceptors (Lipinski definition) is 3. The number of piperidine rings is 1. The second-order valence-corrected chi connectivity index (χ2v) is 7.14. The normalized spacial score (nSPS) is 36.4. The van der Waals surface area contributed by atoms with E-state index in [0.717, 1.165) is 32.5 Å². The molecule has 0 aromatic heterocycles. The molecule has 1 N–H and O–H groups in total. The highest BCUT2D eigenvalue weighted by Gasteiger charge is 2.56. The van der Waals surface area contributed by atoms with Gasteiger partial charge in [0.05, 0.1) is 5.54 Å². The Morgan fingerprint density at radius 3 is 2.56 bits per heavy atom. The molecule has 0 saturated carbocycles. The van der Waals surface area contributed by atoms with Crippen molar-refractivity contribution in [3.63, 3.8) is 0 Å². The zero-order valence-electron chi connectivity index (χ0n) is 12.3. The SMILES string of the molecule is CC(C)(C)OC(=O)N1CC[C@]2(C)CNCC[C@]12C. The van der Waals surface area contributed by atoms with Gasteiger partial charge in [-0.05, 0) is 47.1 Å². The van der Waals surface area contributed by atoms with E-state index in [1.54, 1.807) is 0 Å². The maximum Gasteiger partial charge on any atom is 0.410 e. The second-order valence-electron chi connectivity index (χ2n) is 7.14. The highest BCUT2D eigenvalue weighted by atomic mass is 16.6. The number of likely N-dealkylation sites (tertiary alicyclic amines) is 1. The van der Waals surface area contributed by atoms with Crippen molar-refractivity contribution < 1.29 is 9.53 Å². The second kappa shape index (κ2) is 4.12. The van der Waals surface area contributed by atoms with Crippen molar-refractivity contribution in [3.8, 4) is 0 Å². The number of ether oxygens (including phenoxy) is 1. The summed E-state index contributed by atoms with van der Waals surface area (Å²) < 4.78 is 5.55. The minimum absolute atomic E-state index is 0.0689. The molecule has 0 radical (unpaired) electrons. The lowest BCUT2D eigenvalue weighted by atomic mass is 9.68. The van der Waals surface area contributed by atoms with Crippen molar-refractivity contribution in [2.45, 2.75) is 58.6 Å². The summed E-state index contributed by atoms with van der Waals surface area (Å²) in [7, 11) is 0. The molecule has 2 aliphatic rings. The average molecular weight is 254 g/mol. The van der Waals surface area contributed by atoms with Gasteiger partial charge in [-0.3, -0.25) is 0 Å². The molecule has 18 heavy (non-hydrogen) atoms. The van der Waals surface area contributed by atoms with Crippen molar-refractivity contribution in [1.82, 2.24) is 10.2 Å². The van der Waals surface area contributed by atoms with E-state index in [9.17, 15) is 4.79 Å². The zero-order chi connectivity index (χ0) is 13.6. The van der Waals surface area contributed by atoms with Crippen molar-refractivity contribution in [3.05, 3.63) is 0 Å². The van der Waals surface area contributed by atoms with E-state index in [2.05, 4.69) is 19.2 Å². The van der Waals surface area contributed by atoms with E-state index in [4.69, 9.17) is 4.74 Å². The highest BCUT2D eigenvalue weighted by Crippen LogP contribution is 2.48. The van der Waals surface area contributed by atoms with Crippen LogP contribution < -0.4 is 5.32 Å². The molecular formula is C14H26N2O2. The minimum atomic E-state index is -0.417. The molecule has 2 atom stereocenters. The topological polar surface area (TPSA) is 41.6 Å². The first-order valence-corrected chi connectivity index (χ1v) is 6.89. The Labute approximate surface area is 110 Å². The molecule has 2 rings (SSSR count). The van der Waals surface area contributed by atoms with Crippen LogP contribution >= 0.6 is 0 Å². The largest absolute Gasteiger partial charge is 0.444 e. The molecule has 0 unspecified atom stereocenters.